The van der Waals surface area contributed by atoms with Gasteiger partial charge in [-0.1, -0.05) is 32.6 Å². The summed E-state index contributed by atoms with van der Waals surface area (Å²) in [5.41, 5.74) is 1.61. The molecule has 0 saturated heterocycles. The second-order valence-electron chi connectivity index (χ2n) is 3.21. The van der Waals surface area contributed by atoms with Crippen molar-refractivity contribution in [2.75, 3.05) is 13.1 Å². The normalized spacial score (nSPS) is 12.6. The van der Waals surface area contributed by atoms with Crippen LogP contribution in [0, 0.1) is 0 Å². The summed E-state index contributed by atoms with van der Waals surface area (Å²) in [4.78, 5) is 0. The molecule has 1 nitrogen and oxygen atoms in total. The average Bonchev–Trinajstić information content (AvgIpc) is 1.90. The minimum absolute atomic E-state index is 0.173. The van der Waals surface area contributed by atoms with Crippen molar-refractivity contribution in [3.8, 4) is 0 Å². The Morgan fingerprint density at radius 1 is 1.20 bits per heavy atom. The first kappa shape index (κ1) is 10.4. The Hall–Kier alpha value is 0.394. The molecule has 0 aromatic carbocycles. The number of rotatable bonds is 5. The maximum absolute atomic E-state index is 2.65. The fraction of sp³-hybridized carbons (Fsp3) is 1.00. The molecule has 0 spiro atoms. The van der Waals surface area contributed by atoms with Crippen molar-refractivity contribution in [1.29, 1.82) is 0 Å². The summed E-state index contributed by atoms with van der Waals surface area (Å²) >= 11 is 0. The Morgan fingerprint density at radius 2 is 1.70 bits per heavy atom. The van der Waals surface area contributed by atoms with Crippen molar-refractivity contribution in [2.45, 2.75) is 32.6 Å². The lowest BCUT2D eigenvalue weighted by molar-refractivity contribution is 0.494. The Labute approximate surface area is 69.3 Å². The third kappa shape index (κ3) is 5.20. The van der Waals surface area contributed by atoms with E-state index < -0.39 is 0 Å². The second kappa shape index (κ2) is 6.13. The standard InChI is InChI=1S/C7H21NSi2/c1-5-8(6-2)9-7-10(3)4/h10H,5-7,9H2,1-4H3. The molecule has 0 aromatic heterocycles. The molecule has 0 N–H and O–H groups in total. The van der Waals surface area contributed by atoms with Crippen molar-refractivity contribution in [1.82, 2.24) is 4.57 Å². The van der Waals surface area contributed by atoms with Gasteiger partial charge in [-0.2, -0.15) is 0 Å². The Balaban J connectivity index is 3.26. The van der Waals surface area contributed by atoms with Crippen LogP contribution in [0.4, 0.5) is 0 Å². The molecular weight excluding hydrogens is 154 g/mol. The molecule has 0 saturated carbocycles. The highest BCUT2D eigenvalue weighted by Crippen LogP contribution is 1.92. The summed E-state index contributed by atoms with van der Waals surface area (Å²) in [6.45, 7) is 12.0. The highest BCUT2D eigenvalue weighted by atomic mass is 28.3. The van der Waals surface area contributed by atoms with Gasteiger partial charge in [0.1, 0.15) is 0 Å². The Morgan fingerprint density at radius 3 is 2.00 bits per heavy atom. The first-order valence-electron chi connectivity index (χ1n) is 4.43. The molecule has 62 valence electrons. The van der Waals surface area contributed by atoms with Gasteiger partial charge in [0.05, 0.1) is 9.68 Å². The van der Waals surface area contributed by atoms with E-state index >= 15 is 0 Å². The van der Waals surface area contributed by atoms with E-state index in [9.17, 15) is 0 Å². The van der Waals surface area contributed by atoms with Crippen LogP contribution in [-0.2, 0) is 0 Å². The first-order valence-corrected chi connectivity index (χ1v) is 9.18. The lowest BCUT2D eigenvalue weighted by atomic mass is 10.7. The van der Waals surface area contributed by atoms with E-state index in [0.29, 0.717) is 0 Å². The fourth-order valence-corrected chi connectivity index (χ4v) is 5.14. The maximum Gasteiger partial charge on any atom is 0.0921 e. The van der Waals surface area contributed by atoms with Crippen molar-refractivity contribution in [3.05, 3.63) is 0 Å². The van der Waals surface area contributed by atoms with Gasteiger partial charge in [-0.05, 0) is 13.1 Å². The van der Waals surface area contributed by atoms with Crippen LogP contribution in [0.3, 0.4) is 0 Å². The maximum atomic E-state index is 2.65. The van der Waals surface area contributed by atoms with E-state index in [0.717, 1.165) is 0 Å². The van der Waals surface area contributed by atoms with Gasteiger partial charge in [0.2, 0.25) is 0 Å². The van der Waals surface area contributed by atoms with Gasteiger partial charge in [-0.15, -0.1) is 0 Å². The zero-order valence-electron chi connectivity index (χ0n) is 7.85. The lowest BCUT2D eigenvalue weighted by Crippen LogP contribution is -2.29. The summed E-state index contributed by atoms with van der Waals surface area (Å²) in [7, 11) is -0.0616. The van der Waals surface area contributed by atoms with Crippen LogP contribution in [0.25, 0.3) is 0 Å². The van der Waals surface area contributed by atoms with Crippen LogP contribution >= 0.6 is 0 Å². The van der Waals surface area contributed by atoms with E-state index in [1.54, 1.807) is 5.67 Å². The number of nitrogens with zero attached hydrogens (tertiary/aromatic N) is 1. The third-order valence-corrected chi connectivity index (χ3v) is 9.10. The molecule has 0 unspecified atom stereocenters. The van der Waals surface area contributed by atoms with Crippen LogP contribution in [0.2, 0.25) is 18.8 Å². The van der Waals surface area contributed by atoms with E-state index in [1.807, 2.05) is 0 Å². The average molecular weight is 175 g/mol. The first-order chi connectivity index (χ1) is 4.70. The Bertz CT molecular complexity index is 72.0. The second-order valence-corrected chi connectivity index (χ2v) is 9.65. The molecule has 0 aliphatic rings. The summed E-state index contributed by atoms with van der Waals surface area (Å²) < 4.78 is 2.65. The van der Waals surface area contributed by atoms with Crippen LogP contribution in [0.5, 0.6) is 0 Å². The molecule has 0 bridgehead atoms. The zero-order chi connectivity index (χ0) is 7.98. The highest BCUT2D eigenvalue weighted by Gasteiger charge is 2.01. The molecule has 0 aliphatic heterocycles. The molecule has 3 heteroatoms. The van der Waals surface area contributed by atoms with Crippen LogP contribution in [-0.4, -0.2) is 36.1 Å². The van der Waals surface area contributed by atoms with Crippen LogP contribution in [0.15, 0.2) is 0 Å². The Kier molecular flexibility index (Phi) is 6.37. The van der Waals surface area contributed by atoms with Gasteiger partial charge in [-0.3, -0.25) is 0 Å². The molecule has 10 heavy (non-hydrogen) atoms. The predicted octanol–water partition coefficient (Wildman–Crippen LogP) is 0.856. The van der Waals surface area contributed by atoms with Crippen LogP contribution < -0.4 is 0 Å². The topological polar surface area (TPSA) is 3.24 Å². The minimum atomic E-state index is -0.234. The fourth-order valence-electron chi connectivity index (χ4n) is 0.981. The van der Waals surface area contributed by atoms with Gasteiger partial charge in [0, 0.05) is 8.80 Å². The predicted molar refractivity (Wildman–Crippen MR) is 55.1 cm³/mol. The molecule has 0 aliphatic carbocycles. The van der Waals surface area contributed by atoms with E-state index in [-0.39, 0.29) is 18.5 Å². The molecule has 0 radical (unpaired) electrons. The van der Waals surface area contributed by atoms with Gasteiger partial charge in [0.25, 0.3) is 0 Å². The van der Waals surface area contributed by atoms with Gasteiger partial charge in [0.15, 0.2) is 0 Å². The van der Waals surface area contributed by atoms with Crippen molar-refractivity contribution < 1.29 is 0 Å². The largest absolute Gasteiger partial charge is 0.330 e. The molecule has 0 amide bonds. The molecular formula is C7H21NSi2. The monoisotopic (exact) mass is 175 g/mol. The molecule has 0 rings (SSSR count). The number of hydrogen-bond acceptors (Lipinski definition) is 1. The summed E-state index contributed by atoms with van der Waals surface area (Å²) in [5, 5.41) is 0. The lowest BCUT2D eigenvalue weighted by Gasteiger charge is -2.17. The van der Waals surface area contributed by atoms with E-state index in [4.69, 9.17) is 0 Å². The van der Waals surface area contributed by atoms with Gasteiger partial charge >= 0.3 is 0 Å². The molecule has 0 heterocycles. The third-order valence-electron chi connectivity index (χ3n) is 1.92. The van der Waals surface area contributed by atoms with Crippen molar-refractivity contribution >= 4 is 18.5 Å². The van der Waals surface area contributed by atoms with E-state index in [1.165, 1.54) is 13.1 Å². The summed E-state index contributed by atoms with van der Waals surface area (Å²) in [5.74, 6) is 0. The highest BCUT2D eigenvalue weighted by molar-refractivity contribution is 6.66. The van der Waals surface area contributed by atoms with Crippen molar-refractivity contribution in [2.24, 2.45) is 0 Å². The van der Waals surface area contributed by atoms with Gasteiger partial charge in [-0.25, -0.2) is 0 Å². The summed E-state index contributed by atoms with van der Waals surface area (Å²) in [6, 6.07) is 0. The molecule has 0 aromatic rings. The van der Waals surface area contributed by atoms with Crippen molar-refractivity contribution in [3.63, 3.8) is 0 Å². The smallest absolute Gasteiger partial charge is 0.0921 e. The quantitative estimate of drug-likeness (QED) is 0.560. The SMILES string of the molecule is CCN(CC)[SiH2]C[SiH](C)C. The molecule has 0 atom stereocenters. The number of hydrogen-bond donors (Lipinski definition) is 0. The van der Waals surface area contributed by atoms with Crippen LogP contribution in [0.1, 0.15) is 13.8 Å². The zero-order valence-corrected chi connectivity index (χ0v) is 10.4. The minimum Gasteiger partial charge on any atom is -0.330 e. The van der Waals surface area contributed by atoms with E-state index in [2.05, 4.69) is 31.5 Å². The molecule has 0 fully saturated rings. The van der Waals surface area contributed by atoms with Gasteiger partial charge < -0.3 is 4.57 Å². The summed E-state index contributed by atoms with van der Waals surface area (Å²) in [6.07, 6.45) is 0.